The lowest BCUT2D eigenvalue weighted by Gasteiger charge is -2.36. The van der Waals surface area contributed by atoms with Gasteiger partial charge in [-0.15, -0.1) is 0 Å². The molecule has 1 N–H and O–H groups in total. The van der Waals surface area contributed by atoms with Crippen LogP contribution in [-0.4, -0.2) is 71.8 Å². The maximum atomic E-state index is 12.9. The lowest BCUT2D eigenvalue weighted by Crippen LogP contribution is -2.52. The Morgan fingerprint density at radius 3 is 2.28 bits per heavy atom. The summed E-state index contributed by atoms with van der Waals surface area (Å²) < 4.78 is 0. The van der Waals surface area contributed by atoms with Crippen LogP contribution in [0.15, 0.2) is 54.6 Å². The summed E-state index contributed by atoms with van der Waals surface area (Å²) in [4.78, 5) is 31.7. The normalized spacial score (nSPS) is 14.7. The molecule has 1 fully saturated rings. The van der Waals surface area contributed by atoms with Gasteiger partial charge in [-0.1, -0.05) is 55.5 Å². The number of carbonyl (C=O) groups is 2. The first-order chi connectivity index (χ1) is 15.5. The molecule has 6 nitrogen and oxygen atoms in total. The molecule has 1 aliphatic heterocycles. The molecule has 2 aromatic rings. The second-order valence-corrected chi connectivity index (χ2v) is 8.70. The fourth-order valence-corrected chi connectivity index (χ4v) is 4.01. The number of para-hydroxylation sites is 1. The van der Waals surface area contributed by atoms with Gasteiger partial charge in [-0.25, -0.2) is 0 Å². The van der Waals surface area contributed by atoms with Crippen molar-refractivity contribution in [1.82, 2.24) is 14.7 Å². The Kier molecular flexibility index (Phi) is 8.82. The topological polar surface area (TPSA) is 55.9 Å². The lowest BCUT2D eigenvalue weighted by molar-refractivity contribution is -0.135. The van der Waals surface area contributed by atoms with E-state index >= 15 is 0 Å². The number of amides is 2. The average molecular weight is 437 g/mol. The van der Waals surface area contributed by atoms with Crippen molar-refractivity contribution in [3.05, 3.63) is 65.7 Å². The summed E-state index contributed by atoms with van der Waals surface area (Å²) in [6, 6.07) is 18.5. The second kappa shape index (κ2) is 11.8. The lowest BCUT2D eigenvalue weighted by atomic mass is 10.1. The fraction of sp³-hybridized carbons (Fsp3) is 0.462. The molecule has 0 aromatic heterocycles. The predicted molar refractivity (Wildman–Crippen MR) is 129 cm³/mol. The Bertz CT molecular complexity index is 876. The highest BCUT2D eigenvalue weighted by molar-refractivity contribution is 5.93. The predicted octanol–water partition coefficient (Wildman–Crippen LogP) is 3.24. The molecule has 3 rings (SSSR count). The Labute approximate surface area is 192 Å². The Morgan fingerprint density at radius 2 is 1.62 bits per heavy atom. The maximum Gasteiger partial charge on any atom is 0.238 e. The van der Waals surface area contributed by atoms with E-state index in [1.54, 1.807) is 0 Å². The number of anilines is 1. The molecular formula is C26H36N4O2. The van der Waals surface area contributed by atoms with Crippen molar-refractivity contribution in [2.24, 2.45) is 0 Å². The van der Waals surface area contributed by atoms with Crippen LogP contribution in [0.3, 0.4) is 0 Å². The van der Waals surface area contributed by atoms with Crippen molar-refractivity contribution in [3.63, 3.8) is 0 Å². The van der Waals surface area contributed by atoms with Gasteiger partial charge in [-0.2, -0.15) is 0 Å². The zero-order valence-electron chi connectivity index (χ0n) is 19.6. The molecule has 1 heterocycles. The van der Waals surface area contributed by atoms with Crippen molar-refractivity contribution >= 4 is 17.5 Å². The standard InChI is InChI=1S/C26H36N4O2/c1-4-23-12-8-9-13-24(23)27-25(31)19-28-14-16-29(17-15-28)26(32)20-30(21(2)3)18-22-10-6-5-7-11-22/h5-13,21H,4,14-20H2,1-3H3,(H,27,31). The molecule has 172 valence electrons. The molecule has 6 heteroatoms. The number of nitrogens with one attached hydrogen (secondary N) is 1. The first-order valence-electron chi connectivity index (χ1n) is 11.6. The van der Waals surface area contributed by atoms with Gasteiger partial charge in [0, 0.05) is 44.5 Å². The number of rotatable bonds is 9. The van der Waals surface area contributed by atoms with Gasteiger partial charge < -0.3 is 10.2 Å². The summed E-state index contributed by atoms with van der Waals surface area (Å²) in [5.41, 5.74) is 3.25. The number of piperazine rings is 1. The quantitative estimate of drug-likeness (QED) is 0.656. The monoisotopic (exact) mass is 436 g/mol. The zero-order chi connectivity index (χ0) is 22.9. The van der Waals surface area contributed by atoms with Crippen molar-refractivity contribution in [2.45, 2.75) is 39.8 Å². The summed E-state index contributed by atoms with van der Waals surface area (Å²) in [6.45, 7) is 10.6. The van der Waals surface area contributed by atoms with E-state index in [1.807, 2.05) is 47.4 Å². The van der Waals surface area contributed by atoms with Crippen LogP contribution < -0.4 is 5.32 Å². The van der Waals surface area contributed by atoms with E-state index in [4.69, 9.17) is 0 Å². The highest BCUT2D eigenvalue weighted by Gasteiger charge is 2.24. The molecule has 0 saturated carbocycles. The van der Waals surface area contributed by atoms with Crippen LogP contribution in [0.5, 0.6) is 0 Å². The van der Waals surface area contributed by atoms with Gasteiger partial charge in [0.05, 0.1) is 13.1 Å². The van der Waals surface area contributed by atoms with Crippen LogP contribution in [0, 0.1) is 0 Å². The minimum atomic E-state index is -0.000444. The van der Waals surface area contributed by atoms with E-state index in [2.05, 4.69) is 48.0 Å². The number of hydrogen-bond acceptors (Lipinski definition) is 4. The molecule has 0 bridgehead atoms. The summed E-state index contributed by atoms with van der Waals surface area (Å²) in [5, 5.41) is 3.04. The molecule has 2 amide bonds. The summed E-state index contributed by atoms with van der Waals surface area (Å²) in [7, 11) is 0. The van der Waals surface area contributed by atoms with Crippen LogP contribution in [0.25, 0.3) is 0 Å². The zero-order valence-corrected chi connectivity index (χ0v) is 19.6. The molecule has 1 aliphatic rings. The summed E-state index contributed by atoms with van der Waals surface area (Å²) >= 11 is 0. The van der Waals surface area contributed by atoms with Crippen LogP contribution in [-0.2, 0) is 22.6 Å². The van der Waals surface area contributed by atoms with E-state index in [0.717, 1.165) is 37.3 Å². The first-order valence-corrected chi connectivity index (χ1v) is 11.6. The third-order valence-corrected chi connectivity index (χ3v) is 6.06. The van der Waals surface area contributed by atoms with E-state index in [9.17, 15) is 9.59 Å². The number of carbonyl (C=O) groups excluding carboxylic acids is 2. The van der Waals surface area contributed by atoms with Crippen molar-refractivity contribution in [2.75, 3.05) is 44.6 Å². The van der Waals surface area contributed by atoms with E-state index in [1.165, 1.54) is 5.56 Å². The highest BCUT2D eigenvalue weighted by atomic mass is 16.2. The molecule has 32 heavy (non-hydrogen) atoms. The van der Waals surface area contributed by atoms with Crippen LogP contribution in [0.4, 0.5) is 5.69 Å². The molecular weight excluding hydrogens is 400 g/mol. The SMILES string of the molecule is CCc1ccccc1NC(=O)CN1CCN(C(=O)CN(Cc2ccccc2)C(C)C)CC1. The number of aryl methyl sites for hydroxylation is 1. The molecule has 2 aromatic carbocycles. The van der Waals surface area contributed by atoms with Gasteiger partial charge in [0.25, 0.3) is 0 Å². The second-order valence-electron chi connectivity index (χ2n) is 8.70. The largest absolute Gasteiger partial charge is 0.339 e. The fourth-order valence-electron chi connectivity index (χ4n) is 4.01. The Hall–Kier alpha value is -2.70. The van der Waals surface area contributed by atoms with Gasteiger partial charge in [-0.05, 0) is 37.5 Å². The number of hydrogen-bond donors (Lipinski definition) is 1. The van der Waals surface area contributed by atoms with Crippen molar-refractivity contribution in [1.29, 1.82) is 0 Å². The van der Waals surface area contributed by atoms with Crippen molar-refractivity contribution < 1.29 is 9.59 Å². The van der Waals surface area contributed by atoms with E-state index in [-0.39, 0.29) is 17.9 Å². The third-order valence-electron chi connectivity index (χ3n) is 6.06. The van der Waals surface area contributed by atoms with Crippen molar-refractivity contribution in [3.8, 4) is 0 Å². The molecule has 0 aliphatic carbocycles. The van der Waals surface area contributed by atoms with E-state index in [0.29, 0.717) is 26.2 Å². The molecule has 0 atom stereocenters. The molecule has 0 unspecified atom stereocenters. The summed E-state index contributed by atoms with van der Waals surface area (Å²) in [6.07, 6.45) is 0.884. The molecule has 0 spiro atoms. The average Bonchev–Trinajstić information content (AvgIpc) is 2.80. The Morgan fingerprint density at radius 1 is 0.969 bits per heavy atom. The van der Waals surface area contributed by atoms with Crippen LogP contribution >= 0.6 is 0 Å². The van der Waals surface area contributed by atoms with E-state index < -0.39 is 0 Å². The van der Waals surface area contributed by atoms with Gasteiger partial charge in [-0.3, -0.25) is 19.4 Å². The van der Waals surface area contributed by atoms with Gasteiger partial charge in [0.15, 0.2) is 0 Å². The van der Waals surface area contributed by atoms with Gasteiger partial charge >= 0.3 is 0 Å². The molecule has 0 radical (unpaired) electrons. The minimum absolute atomic E-state index is 0.000444. The number of nitrogens with zero attached hydrogens (tertiary/aromatic N) is 3. The minimum Gasteiger partial charge on any atom is -0.339 e. The van der Waals surface area contributed by atoms with Gasteiger partial charge in [0.1, 0.15) is 0 Å². The Balaban J connectivity index is 1.46. The van der Waals surface area contributed by atoms with Crippen LogP contribution in [0.2, 0.25) is 0 Å². The number of benzene rings is 2. The molecule has 1 saturated heterocycles. The smallest absolute Gasteiger partial charge is 0.238 e. The summed E-state index contributed by atoms with van der Waals surface area (Å²) in [5.74, 6) is 0.162. The van der Waals surface area contributed by atoms with Crippen LogP contribution in [0.1, 0.15) is 31.9 Å². The first kappa shape index (κ1) is 24.0. The third kappa shape index (κ3) is 6.90. The maximum absolute atomic E-state index is 12.9. The van der Waals surface area contributed by atoms with Gasteiger partial charge in [0.2, 0.25) is 11.8 Å². The highest BCUT2D eigenvalue weighted by Crippen LogP contribution is 2.15.